The van der Waals surface area contributed by atoms with E-state index >= 15 is 0 Å². The number of ether oxygens (including phenoxy) is 1. The molecule has 1 N–H and O–H groups in total. The Morgan fingerprint density at radius 3 is 2.63 bits per heavy atom. The molecule has 1 aromatic carbocycles. The molecule has 3 heterocycles. The van der Waals surface area contributed by atoms with Crippen LogP contribution in [0, 0.1) is 11.3 Å². The van der Waals surface area contributed by atoms with E-state index in [1.807, 2.05) is 29.2 Å². The second-order valence-electron chi connectivity index (χ2n) is 7.83. The zero-order valence-electron chi connectivity index (χ0n) is 15.8. The minimum absolute atomic E-state index is 0. The van der Waals surface area contributed by atoms with Gasteiger partial charge in [-0.05, 0) is 43.4 Å². The summed E-state index contributed by atoms with van der Waals surface area (Å²) in [6.45, 7) is 4.26. The normalized spacial score (nSPS) is 24.2. The van der Waals surface area contributed by atoms with E-state index in [0.717, 1.165) is 44.7 Å². The number of rotatable bonds is 3. The number of halogens is 1. The number of anilines is 1. The molecule has 3 saturated heterocycles. The lowest BCUT2D eigenvalue weighted by molar-refractivity contribution is -0.137. The Balaban J connectivity index is 0.00000210. The minimum Gasteiger partial charge on any atom is -0.495 e. The van der Waals surface area contributed by atoms with Gasteiger partial charge in [0.15, 0.2) is 0 Å². The summed E-state index contributed by atoms with van der Waals surface area (Å²) in [6, 6.07) is 7.49. The maximum absolute atomic E-state index is 13.0. The van der Waals surface area contributed by atoms with E-state index < -0.39 is 0 Å². The third-order valence-corrected chi connectivity index (χ3v) is 6.32. The zero-order chi connectivity index (χ0) is 18.1. The second-order valence-corrected chi connectivity index (χ2v) is 7.83. The second kappa shape index (κ2) is 8.07. The van der Waals surface area contributed by atoms with Gasteiger partial charge in [-0.15, -0.1) is 12.4 Å². The lowest BCUT2D eigenvalue weighted by atomic mass is 9.77. The summed E-state index contributed by atoms with van der Waals surface area (Å²) >= 11 is 0. The smallest absolute Gasteiger partial charge is 0.228 e. The average molecular weight is 394 g/mol. The number of benzene rings is 1. The number of likely N-dealkylation sites (tertiary alicyclic amines) is 1. The van der Waals surface area contributed by atoms with Crippen LogP contribution < -0.4 is 15.0 Å². The SMILES string of the molecule is COc1ccccc1N1CC(C(=O)N2CCC3(CCNC3)CC2)CC1=O.Cl. The van der Waals surface area contributed by atoms with Gasteiger partial charge in [0.1, 0.15) is 5.75 Å². The Morgan fingerprint density at radius 1 is 1.22 bits per heavy atom. The molecule has 6 nitrogen and oxygen atoms in total. The fourth-order valence-corrected chi connectivity index (χ4v) is 4.64. The van der Waals surface area contributed by atoms with Gasteiger partial charge < -0.3 is 19.9 Å². The van der Waals surface area contributed by atoms with Crippen molar-refractivity contribution in [2.24, 2.45) is 11.3 Å². The fraction of sp³-hybridized carbons (Fsp3) is 0.600. The number of hydrogen-bond donors (Lipinski definition) is 1. The first kappa shape index (κ1) is 20.0. The number of hydrogen-bond acceptors (Lipinski definition) is 4. The molecule has 3 aliphatic heterocycles. The van der Waals surface area contributed by atoms with Crippen molar-refractivity contribution in [3.63, 3.8) is 0 Å². The van der Waals surface area contributed by atoms with E-state index in [1.165, 1.54) is 6.42 Å². The lowest BCUT2D eigenvalue weighted by Crippen LogP contribution is -2.46. The molecule has 1 atom stereocenters. The van der Waals surface area contributed by atoms with Crippen LogP contribution in [-0.4, -0.2) is 56.5 Å². The third kappa shape index (κ3) is 3.78. The largest absolute Gasteiger partial charge is 0.495 e. The molecule has 1 spiro atoms. The standard InChI is InChI=1S/C20H27N3O3.ClH/c1-26-17-5-3-2-4-16(17)23-13-15(12-18(23)24)19(25)22-10-7-20(8-11-22)6-9-21-14-20;/h2-5,15,21H,6-14H2,1H3;1H. The van der Waals surface area contributed by atoms with E-state index in [2.05, 4.69) is 5.32 Å². The van der Waals surface area contributed by atoms with Crippen LogP contribution in [0.4, 0.5) is 5.69 Å². The molecule has 0 bridgehead atoms. The first-order valence-corrected chi connectivity index (χ1v) is 9.55. The van der Waals surface area contributed by atoms with Crippen molar-refractivity contribution >= 4 is 29.9 Å². The Morgan fingerprint density at radius 2 is 1.96 bits per heavy atom. The van der Waals surface area contributed by atoms with Gasteiger partial charge in [-0.3, -0.25) is 9.59 Å². The van der Waals surface area contributed by atoms with E-state index in [4.69, 9.17) is 4.74 Å². The van der Waals surface area contributed by atoms with Gasteiger partial charge >= 0.3 is 0 Å². The van der Waals surface area contributed by atoms with E-state index in [9.17, 15) is 9.59 Å². The van der Waals surface area contributed by atoms with E-state index in [0.29, 0.717) is 24.1 Å². The van der Waals surface area contributed by atoms with E-state index in [1.54, 1.807) is 12.0 Å². The van der Waals surface area contributed by atoms with Crippen LogP contribution in [0.5, 0.6) is 5.75 Å². The number of nitrogens with one attached hydrogen (secondary N) is 1. The molecule has 2 amide bonds. The first-order chi connectivity index (χ1) is 12.6. The van der Waals surface area contributed by atoms with Crippen LogP contribution in [0.3, 0.4) is 0 Å². The van der Waals surface area contributed by atoms with Crippen LogP contribution in [0.2, 0.25) is 0 Å². The predicted molar refractivity (Wildman–Crippen MR) is 106 cm³/mol. The van der Waals surface area contributed by atoms with Crippen LogP contribution in [0.15, 0.2) is 24.3 Å². The highest BCUT2D eigenvalue weighted by Gasteiger charge is 2.42. The van der Waals surface area contributed by atoms with Gasteiger partial charge in [-0.2, -0.15) is 0 Å². The van der Waals surface area contributed by atoms with Gasteiger partial charge in [-0.25, -0.2) is 0 Å². The molecule has 0 aliphatic carbocycles. The Kier molecular flexibility index (Phi) is 5.96. The molecule has 3 fully saturated rings. The van der Waals surface area contributed by atoms with Crippen molar-refractivity contribution in [1.29, 1.82) is 0 Å². The molecule has 0 radical (unpaired) electrons. The number of para-hydroxylation sites is 2. The van der Waals surface area contributed by atoms with Crippen LogP contribution in [-0.2, 0) is 9.59 Å². The average Bonchev–Trinajstić information content (AvgIpc) is 3.28. The van der Waals surface area contributed by atoms with Crippen LogP contribution in [0.1, 0.15) is 25.7 Å². The van der Waals surface area contributed by atoms with Gasteiger partial charge in [0.05, 0.1) is 18.7 Å². The molecular weight excluding hydrogens is 366 g/mol. The molecule has 27 heavy (non-hydrogen) atoms. The molecule has 0 saturated carbocycles. The van der Waals surface area contributed by atoms with Gasteiger partial charge in [0.2, 0.25) is 11.8 Å². The van der Waals surface area contributed by atoms with Crippen molar-refractivity contribution in [3.05, 3.63) is 24.3 Å². The maximum Gasteiger partial charge on any atom is 0.228 e. The summed E-state index contributed by atoms with van der Waals surface area (Å²) in [6.07, 6.45) is 3.66. The fourth-order valence-electron chi connectivity index (χ4n) is 4.64. The predicted octanol–water partition coefficient (Wildman–Crippen LogP) is 2.07. The summed E-state index contributed by atoms with van der Waals surface area (Å²) < 4.78 is 5.38. The van der Waals surface area contributed by atoms with Gasteiger partial charge in [-0.1, -0.05) is 12.1 Å². The molecule has 148 valence electrons. The third-order valence-electron chi connectivity index (χ3n) is 6.32. The molecule has 1 aromatic rings. The van der Waals surface area contributed by atoms with Crippen molar-refractivity contribution in [2.75, 3.05) is 44.7 Å². The molecule has 7 heteroatoms. The summed E-state index contributed by atoms with van der Waals surface area (Å²) in [5.74, 6) is 0.559. The highest BCUT2D eigenvalue weighted by molar-refractivity contribution is 6.01. The number of carbonyl (C=O) groups excluding carboxylic acids is 2. The number of carbonyl (C=O) groups is 2. The molecule has 1 unspecified atom stereocenters. The number of methoxy groups -OCH3 is 1. The van der Waals surface area contributed by atoms with Crippen LogP contribution >= 0.6 is 12.4 Å². The van der Waals surface area contributed by atoms with Crippen LogP contribution in [0.25, 0.3) is 0 Å². The molecular formula is C20H28ClN3O3. The highest BCUT2D eigenvalue weighted by Crippen LogP contribution is 2.38. The quantitative estimate of drug-likeness (QED) is 0.854. The summed E-state index contributed by atoms with van der Waals surface area (Å²) in [4.78, 5) is 29.2. The Bertz CT molecular complexity index is 695. The number of piperidine rings is 1. The van der Waals surface area contributed by atoms with Crippen molar-refractivity contribution in [1.82, 2.24) is 10.2 Å². The summed E-state index contributed by atoms with van der Waals surface area (Å²) in [5, 5.41) is 3.46. The molecule has 3 aliphatic rings. The topological polar surface area (TPSA) is 61.9 Å². The highest BCUT2D eigenvalue weighted by atomic mass is 35.5. The van der Waals surface area contributed by atoms with Crippen molar-refractivity contribution in [3.8, 4) is 5.75 Å². The summed E-state index contributed by atoms with van der Waals surface area (Å²) in [5.41, 5.74) is 1.15. The zero-order valence-corrected chi connectivity index (χ0v) is 16.6. The Labute approximate surface area is 166 Å². The van der Waals surface area contributed by atoms with Gasteiger partial charge in [0.25, 0.3) is 0 Å². The van der Waals surface area contributed by atoms with Crippen molar-refractivity contribution in [2.45, 2.75) is 25.7 Å². The summed E-state index contributed by atoms with van der Waals surface area (Å²) in [7, 11) is 1.60. The van der Waals surface area contributed by atoms with Gasteiger partial charge in [0, 0.05) is 32.6 Å². The molecule has 0 aromatic heterocycles. The minimum atomic E-state index is -0.247. The van der Waals surface area contributed by atoms with E-state index in [-0.39, 0.29) is 30.1 Å². The number of amides is 2. The first-order valence-electron chi connectivity index (χ1n) is 9.55. The van der Waals surface area contributed by atoms with Crippen molar-refractivity contribution < 1.29 is 14.3 Å². The number of nitrogens with zero attached hydrogens (tertiary/aromatic N) is 2. The monoisotopic (exact) mass is 393 g/mol. The molecule has 4 rings (SSSR count). The maximum atomic E-state index is 13.0. The lowest BCUT2D eigenvalue weighted by Gasteiger charge is -2.39. The Hall–Kier alpha value is -1.79.